The molecule has 0 N–H and O–H groups in total. The van der Waals surface area contributed by atoms with Gasteiger partial charge in [-0.05, 0) is 0 Å². The Morgan fingerprint density at radius 3 is 1.12 bits per heavy atom. The molecule has 0 aliphatic heterocycles. The van der Waals surface area contributed by atoms with Gasteiger partial charge in [-0.3, -0.25) is 0 Å². The number of rotatable bonds is 0. The molecule has 0 atom stereocenters. The molecule has 0 aromatic heterocycles. The number of carbonyl (C=O) groups is 2. The van der Waals surface area contributed by atoms with E-state index in [1.165, 1.54) is 0 Å². The second kappa shape index (κ2) is 43.9. The van der Waals surface area contributed by atoms with Crippen LogP contribution in [0.4, 0.5) is 0 Å². The standard InChI is InChI=1S/2CH2O2.Ca.Mg.2H/c2*2-1-3;;;;/h2*1H,(H,2,3);;;;/q;;2*+2;2*-1/p-2. The van der Waals surface area contributed by atoms with Gasteiger partial charge in [0.25, 0.3) is 0 Å². The van der Waals surface area contributed by atoms with Gasteiger partial charge in [-0.25, -0.2) is 0 Å². The molecule has 40 valence electrons. The maximum absolute atomic E-state index is 8.25. The Labute approximate surface area is 95.4 Å². The van der Waals surface area contributed by atoms with Crippen molar-refractivity contribution in [1.82, 2.24) is 0 Å². The summed E-state index contributed by atoms with van der Waals surface area (Å²) in [6.07, 6.45) is 0. The van der Waals surface area contributed by atoms with Gasteiger partial charge < -0.3 is 22.7 Å². The SMILES string of the molecule is O=C[O-].O=C[O-].[Ca+2].[H-].[H-].[Mg+2]. The Kier molecular flexibility index (Phi) is 127. The first kappa shape index (κ1) is 23.1. The van der Waals surface area contributed by atoms with Crippen molar-refractivity contribution >= 4 is 73.7 Å². The summed E-state index contributed by atoms with van der Waals surface area (Å²) in [5.41, 5.74) is 0. The molecule has 0 heterocycles. The third-order valence-corrected chi connectivity index (χ3v) is 0. The normalized spacial score (nSPS) is 3.00. The first-order valence-corrected chi connectivity index (χ1v) is 0.943. The molecular formula is C2H4CaMgO4. The van der Waals surface area contributed by atoms with E-state index >= 15 is 0 Å². The predicted octanol–water partition coefficient (Wildman–Crippen LogP) is -3.80. The van der Waals surface area contributed by atoms with Gasteiger partial charge in [0, 0.05) is 12.9 Å². The molecule has 0 saturated carbocycles. The third-order valence-electron chi connectivity index (χ3n) is 0. The fourth-order valence-corrected chi connectivity index (χ4v) is 0. The van der Waals surface area contributed by atoms with E-state index in [1.807, 2.05) is 0 Å². The molecule has 0 radical (unpaired) electrons. The van der Waals surface area contributed by atoms with Crippen molar-refractivity contribution in [2.75, 3.05) is 0 Å². The number of carboxylic acid groups (broad SMARTS) is 2. The van der Waals surface area contributed by atoms with Crippen LogP contribution < -0.4 is 10.2 Å². The Balaban J connectivity index is -0.00000000571. The van der Waals surface area contributed by atoms with E-state index in [2.05, 4.69) is 0 Å². The maximum atomic E-state index is 8.25. The van der Waals surface area contributed by atoms with Gasteiger partial charge >= 0.3 is 60.8 Å². The van der Waals surface area contributed by atoms with Crippen molar-refractivity contribution < 1.29 is 22.7 Å². The zero-order chi connectivity index (χ0) is 5.41. The van der Waals surface area contributed by atoms with Crippen molar-refractivity contribution in [2.24, 2.45) is 0 Å². The van der Waals surface area contributed by atoms with Crippen LogP contribution >= 0.6 is 0 Å². The van der Waals surface area contributed by atoms with Crippen LogP contribution in [0.2, 0.25) is 0 Å². The minimum absolute atomic E-state index is 0. The van der Waals surface area contributed by atoms with Crippen LogP contribution in [0.25, 0.3) is 0 Å². The molecule has 0 fully saturated rings. The van der Waals surface area contributed by atoms with Crippen LogP contribution in [0.5, 0.6) is 0 Å². The number of hydrogen-bond donors (Lipinski definition) is 0. The fourth-order valence-electron chi connectivity index (χ4n) is 0. The van der Waals surface area contributed by atoms with Crippen LogP contribution in [-0.4, -0.2) is 73.7 Å². The first-order valence-electron chi connectivity index (χ1n) is 0.943. The van der Waals surface area contributed by atoms with Crippen LogP contribution in [0.3, 0.4) is 0 Å². The number of carbonyl (C=O) groups excluding carboxylic acids is 2. The Bertz CT molecular complexity index is 42.2. The van der Waals surface area contributed by atoms with Gasteiger partial charge in [0.15, 0.2) is 0 Å². The summed E-state index contributed by atoms with van der Waals surface area (Å²) < 4.78 is 0. The predicted molar refractivity (Wildman–Crippen MR) is 25.9 cm³/mol. The molecule has 0 spiro atoms. The van der Waals surface area contributed by atoms with Gasteiger partial charge in [0.1, 0.15) is 0 Å². The van der Waals surface area contributed by atoms with Crippen molar-refractivity contribution in [2.45, 2.75) is 0 Å². The maximum Gasteiger partial charge on any atom is 2.00 e. The van der Waals surface area contributed by atoms with Gasteiger partial charge in [-0.1, -0.05) is 0 Å². The summed E-state index contributed by atoms with van der Waals surface area (Å²) >= 11 is 0. The van der Waals surface area contributed by atoms with Crippen LogP contribution in [0.1, 0.15) is 2.85 Å². The summed E-state index contributed by atoms with van der Waals surface area (Å²) in [6.45, 7) is -1.00. The Morgan fingerprint density at radius 2 is 1.12 bits per heavy atom. The molecule has 0 amide bonds. The average molecular weight is 156 g/mol. The fraction of sp³-hybridized carbons (Fsp3) is 0. The molecule has 0 aliphatic rings. The monoisotopic (exact) mass is 156 g/mol. The van der Waals surface area contributed by atoms with E-state index in [0.717, 1.165) is 0 Å². The minimum atomic E-state index is -0.500. The third kappa shape index (κ3) is 266. The van der Waals surface area contributed by atoms with E-state index < -0.39 is 12.9 Å². The second-order valence-electron chi connectivity index (χ2n) is 0.192. The molecule has 6 heteroatoms. The molecule has 0 bridgehead atoms. The Morgan fingerprint density at radius 1 is 1.12 bits per heavy atom. The van der Waals surface area contributed by atoms with Crippen LogP contribution in [0, 0.1) is 0 Å². The quantitative estimate of drug-likeness (QED) is 0.266. The van der Waals surface area contributed by atoms with Crippen LogP contribution in [-0.2, 0) is 9.59 Å². The summed E-state index contributed by atoms with van der Waals surface area (Å²) in [4.78, 5) is 16.5. The van der Waals surface area contributed by atoms with Crippen molar-refractivity contribution in [3.8, 4) is 0 Å². The van der Waals surface area contributed by atoms with Gasteiger partial charge in [0.05, 0.1) is 0 Å². The first-order chi connectivity index (χ1) is 2.83. The van der Waals surface area contributed by atoms with Gasteiger partial charge in [-0.15, -0.1) is 0 Å². The molecule has 4 nitrogen and oxygen atoms in total. The van der Waals surface area contributed by atoms with Crippen molar-refractivity contribution in [3.63, 3.8) is 0 Å². The van der Waals surface area contributed by atoms with Crippen molar-refractivity contribution in [1.29, 1.82) is 0 Å². The topological polar surface area (TPSA) is 80.3 Å². The van der Waals surface area contributed by atoms with E-state index in [-0.39, 0.29) is 63.6 Å². The molecule has 0 rings (SSSR count). The van der Waals surface area contributed by atoms with Gasteiger partial charge in [-0.2, -0.15) is 0 Å². The minimum Gasteiger partial charge on any atom is -1.00 e. The number of hydrogen-bond acceptors (Lipinski definition) is 4. The summed E-state index contributed by atoms with van der Waals surface area (Å²) in [6, 6.07) is 0. The summed E-state index contributed by atoms with van der Waals surface area (Å²) in [5, 5.41) is 16.5. The van der Waals surface area contributed by atoms with E-state index in [9.17, 15) is 0 Å². The zero-order valence-electron chi connectivity index (χ0n) is 6.20. The van der Waals surface area contributed by atoms with E-state index in [4.69, 9.17) is 19.8 Å². The molecule has 0 unspecified atom stereocenters. The average Bonchev–Trinajstić information content (AvgIpc) is 1.39. The van der Waals surface area contributed by atoms with E-state index in [0.29, 0.717) is 0 Å². The summed E-state index contributed by atoms with van der Waals surface area (Å²) in [7, 11) is 0. The largest absolute Gasteiger partial charge is 2.00 e. The molecule has 0 aromatic rings. The molecule has 0 aromatic carbocycles. The molecular weight excluding hydrogens is 152 g/mol. The molecule has 0 saturated heterocycles. The van der Waals surface area contributed by atoms with Crippen molar-refractivity contribution in [3.05, 3.63) is 0 Å². The zero-order valence-corrected chi connectivity index (χ0v) is 7.82. The van der Waals surface area contributed by atoms with Crippen LogP contribution in [0.15, 0.2) is 0 Å². The molecule has 8 heavy (non-hydrogen) atoms. The van der Waals surface area contributed by atoms with Gasteiger partial charge in [0.2, 0.25) is 0 Å². The molecule has 0 aliphatic carbocycles. The second-order valence-corrected chi connectivity index (χ2v) is 0.192. The summed E-state index contributed by atoms with van der Waals surface area (Å²) in [5.74, 6) is 0. The van der Waals surface area contributed by atoms with E-state index in [1.54, 1.807) is 0 Å². The smallest absolute Gasteiger partial charge is 1.00 e. The Hall–Kier alpha value is 0.966.